The molecule has 1 rings (SSSR count). The van der Waals surface area contributed by atoms with E-state index in [1.54, 1.807) is 19.9 Å². The van der Waals surface area contributed by atoms with E-state index >= 15 is 0 Å². The van der Waals surface area contributed by atoms with E-state index in [0.717, 1.165) is 0 Å². The van der Waals surface area contributed by atoms with Gasteiger partial charge in [0.25, 0.3) is 5.91 Å². The maximum atomic E-state index is 11.3. The van der Waals surface area contributed by atoms with Crippen LogP contribution in [-0.2, 0) is 4.79 Å². The molecule has 0 radical (unpaired) electrons. The maximum absolute atomic E-state index is 11.3. The standard InChI is InChI=1S/C12H17N3O3/c1-4-12(3,11(17)18)15-10-8(9(13)16)6-5-7(2)14-10/h5-6H,4H2,1-3H3,(H2,13,16)(H,14,15)(H,17,18). The number of aryl methyl sites for hydroxylation is 1. The minimum Gasteiger partial charge on any atom is -0.480 e. The van der Waals surface area contributed by atoms with Gasteiger partial charge >= 0.3 is 5.97 Å². The van der Waals surface area contributed by atoms with E-state index in [4.69, 9.17) is 5.73 Å². The summed E-state index contributed by atoms with van der Waals surface area (Å²) in [6.45, 7) is 5.02. The normalized spacial score (nSPS) is 13.7. The Morgan fingerprint density at radius 2 is 2.11 bits per heavy atom. The second-order valence-electron chi connectivity index (χ2n) is 4.33. The number of hydrogen-bond acceptors (Lipinski definition) is 4. The number of carboxylic acid groups (broad SMARTS) is 1. The number of carboxylic acids is 1. The van der Waals surface area contributed by atoms with E-state index < -0.39 is 17.4 Å². The number of primary amides is 1. The average molecular weight is 251 g/mol. The highest BCUT2D eigenvalue weighted by Gasteiger charge is 2.32. The van der Waals surface area contributed by atoms with Crippen LogP contribution < -0.4 is 11.1 Å². The molecule has 1 aromatic rings. The van der Waals surface area contributed by atoms with Crippen LogP contribution >= 0.6 is 0 Å². The molecule has 0 spiro atoms. The molecule has 0 aliphatic heterocycles. The van der Waals surface area contributed by atoms with E-state index in [-0.39, 0.29) is 11.4 Å². The van der Waals surface area contributed by atoms with Crippen molar-refractivity contribution >= 4 is 17.7 Å². The summed E-state index contributed by atoms with van der Waals surface area (Å²) in [7, 11) is 0. The Hall–Kier alpha value is -2.11. The van der Waals surface area contributed by atoms with Gasteiger partial charge in [0.05, 0.1) is 5.56 Å². The molecule has 0 aliphatic carbocycles. The first-order chi connectivity index (χ1) is 8.30. The van der Waals surface area contributed by atoms with Crippen LogP contribution in [0.3, 0.4) is 0 Å². The van der Waals surface area contributed by atoms with Gasteiger partial charge in [0.15, 0.2) is 0 Å². The van der Waals surface area contributed by atoms with Crippen molar-refractivity contribution in [1.82, 2.24) is 4.98 Å². The van der Waals surface area contributed by atoms with Gasteiger partial charge in [0.2, 0.25) is 0 Å². The number of hydrogen-bond donors (Lipinski definition) is 3. The predicted molar refractivity (Wildman–Crippen MR) is 67.4 cm³/mol. The summed E-state index contributed by atoms with van der Waals surface area (Å²) in [5.74, 6) is -1.45. The van der Waals surface area contributed by atoms with Crippen LogP contribution in [-0.4, -0.2) is 27.5 Å². The largest absolute Gasteiger partial charge is 0.480 e. The van der Waals surface area contributed by atoms with Crippen molar-refractivity contribution in [2.24, 2.45) is 5.73 Å². The van der Waals surface area contributed by atoms with Gasteiger partial charge < -0.3 is 16.2 Å². The SMILES string of the molecule is CCC(C)(Nc1nc(C)ccc1C(N)=O)C(=O)O. The number of amides is 1. The highest BCUT2D eigenvalue weighted by molar-refractivity contribution is 5.98. The van der Waals surface area contributed by atoms with E-state index in [0.29, 0.717) is 12.1 Å². The lowest BCUT2D eigenvalue weighted by atomic mass is 9.99. The summed E-state index contributed by atoms with van der Waals surface area (Å²) in [6, 6.07) is 3.18. The fourth-order valence-electron chi connectivity index (χ4n) is 1.41. The Morgan fingerprint density at radius 1 is 1.50 bits per heavy atom. The van der Waals surface area contributed by atoms with Crippen molar-refractivity contribution < 1.29 is 14.7 Å². The first-order valence-electron chi connectivity index (χ1n) is 5.59. The number of carbonyl (C=O) groups excluding carboxylic acids is 1. The van der Waals surface area contributed by atoms with Crippen LogP contribution in [0.2, 0.25) is 0 Å². The number of aliphatic carboxylic acids is 1. The van der Waals surface area contributed by atoms with Gasteiger partial charge in [-0.1, -0.05) is 6.92 Å². The third-order valence-electron chi connectivity index (χ3n) is 2.87. The van der Waals surface area contributed by atoms with Crippen LogP contribution in [0.15, 0.2) is 12.1 Å². The van der Waals surface area contributed by atoms with Crippen molar-refractivity contribution in [2.75, 3.05) is 5.32 Å². The lowest BCUT2D eigenvalue weighted by Gasteiger charge is -2.26. The van der Waals surface area contributed by atoms with Crippen molar-refractivity contribution in [2.45, 2.75) is 32.7 Å². The molecule has 1 heterocycles. The third-order valence-corrected chi connectivity index (χ3v) is 2.87. The molecule has 1 unspecified atom stereocenters. The Kier molecular flexibility index (Phi) is 3.90. The minimum absolute atomic E-state index is 0.182. The maximum Gasteiger partial charge on any atom is 0.329 e. The molecule has 0 saturated carbocycles. The van der Waals surface area contributed by atoms with Gasteiger partial charge in [-0.05, 0) is 32.4 Å². The summed E-state index contributed by atoms with van der Waals surface area (Å²) in [5.41, 5.74) is 4.90. The molecule has 0 fully saturated rings. The summed E-state index contributed by atoms with van der Waals surface area (Å²) in [4.78, 5) is 26.6. The number of carbonyl (C=O) groups is 2. The molecule has 98 valence electrons. The average Bonchev–Trinajstić information content (AvgIpc) is 2.28. The number of pyridine rings is 1. The zero-order chi connectivity index (χ0) is 13.9. The van der Waals surface area contributed by atoms with Crippen molar-refractivity contribution in [3.05, 3.63) is 23.4 Å². The Balaban J connectivity index is 3.20. The van der Waals surface area contributed by atoms with Crippen LogP contribution in [0.1, 0.15) is 36.3 Å². The van der Waals surface area contributed by atoms with Crippen LogP contribution in [0.4, 0.5) is 5.82 Å². The molecule has 4 N–H and O–H groups in total. The highest BCUT2D eigenvalue weighted by Crippen LogP contribution is 2.21. The lowest BCUT2D eigenvalue weighted by molar-refractivity contribution is -0.141. The quantitative estimate of drug-likeness (QED) is 0.728. The molecule has 0 saturated heterocycles. The number of nitrogens with two attached hydrogens (primary N) is 1. The predicted octanol–water partition coefficient (Wildman–Crippen LogP) is 1.15. The molecule has 1 amide bonds. The summed E-state index contributed by atoms with van der Waals surface area (Å²) >= 11 is 0. The molecule has 18 heavy (non-hydrogen) atoms. The Bertz CT molecular complexity index is 487. The molecule has 0 bridgehead atoms. The summed E-state index contributed by atoms with van der Waals surface area (Å²) in [5, 5.41) is 12.0. The van der Waals surface area contributed by atoms with Gasteiger partial charge in [0, 0.05) is 5.69 Å². The Morgan fingerprint density at radius 3 is 2.56 bits per heavy atom. The highest BCUT2D eigenvalue weighted by atomic mass is 16.4. The van der Waals surface area contributed by atoms with Crippen LogP contribution in [0, 0.1) is 6.92 Å². The van der Waals surface area contributed by atoms with E-state index in [9.17, 15) is 14.7 Å². The molecule has 0 aliphatic rings. The fraction of sp³-hybridized carbons (Fsp3) is 0.417. The zero-order valence-electron chi connectivity index (χ0n) is 10.7. The first-order valence-corrected chi connectivity index (χ1v) is 5.59. The van der Waals surface area contributed by atoms with E-state index in [1.807, 2.05) is 0 Å². The molecule has 1 atom stereocenters. The van der Waals surface area contributed by atoms with Gasteiger partial charge in [-0.2, -0.15) is 0 Å². The van der Waals surface area contributed by atoms with Crippen molar-refractivity contribution in [3.8, 4) is 0 Å². The number of rotatable bonds is 5. The van der Waals surface area contributed by atoms with Crippen molar-refractivity contribution in [3.63, 3.8) is 0 Å². The number of nitrogens with one attached hydrogen (secondary N) is 1. The topological polar surface area (TPSA) is 105 Å². The monoisotopic (exact) mass is 251 g/mol. The second kappa shape index (κ2) is 5.03. The minimum atomic E-state index is -1.19. The molecular weight excluding hydrogens is 234 g/mol. The van der Waals surface area contributed by atoms with Crippen LogP contribution in [0.5, 0.6) is 0 Å². The smallest absolute Gasteiger partial charge is 0.329 e. The fourth-order valence-corrected chi connectivity index (χ4v) is 1.41. The second-order valence-corrected chi connectivity index (χ2v) is 4.33. The van der Waals surface area contributed by atoms with Gasteiger partial charge in [0.1, 0.15) is 11.4 Å². The van der Waals surface area contributed by atoms with Crippen molar-refractivity contribution in [1.29, 1.82) is 0 Å². The van der Waals surface area contributed by atoms with Gasteiger partial charge in [-0.3, -0.25) is 4.79 Å². The first kappa shape index (κ1) is 14.0. The van der Waals surface area contributed by atoms with Crippen LogP contribution in [0.25, 0.3) is 0 Å². The summed E-state index contributed by atoms with van der Waals surface area (Å²) in [6.07, 6.45) is 0.343. The summed E-state index contributed by atoms with van der Waals surface area (Å²) < 4.78 is 0. The third kappa shape index (κ3) is 2.77. The molecular formula is C12H17N3O3. The van der Waals surface area contributed by atoms with E-state index in [2.05, 4.69) is 10.3 Å². The zero-order valence-corrected chi connectivity index (χ0v) is 10.7. The molecule has 1 aromatic heterocycles. The van der Waals surface area contributed by atoms with Gasteiger partial charge in [-0.25, -0.2) is 9.78 Å². The van der Waals surface area contributed by atoms with Gasteiger partial charge in [-0.15, -0.1) is 0 Å². The number of aromatic nitrogens is 1. The lowest BCUT2D eigenvalue weighted by Crippen LogP contribution is -2.43. The number of anilines is 1. The Labute approximate surface area is 105 Å². The van der Waals surface area contributed by atoms with E-state index in [1.165, 1.54) is 13.0 Å². The molecule has 0 aromatic carbocycles. The number of nitrogens with zero attached hydrogens (tertiary/aromatic N) is 1. The molecule has 6 nitrogen and oxygen atoms in total. The molecule has 6 heteroatoms.